The number of nitrogens with zero attached hydrogens (tertiary/aromatic N) is 2. The van der Waals surface area contributed by atoms with Crippen molar-refractivity contribution in [1.29, 1.82) is 0 Å². The average Bonchev–Trinajstić information content (AvgIpc) is 2.77. The first kappa shape index (κ1) is 16.4. The van der Waals surface area contributed by atoms with Crippen LogP contribution < -0.4 is 5.32 Å². The monoisotopic (exact) mass is 321 g/mol. The lowest BCUT2D eigenvalue weighted by Crippen LogP contribution is -2.52. The second-order valence-electron chi connectivity index (χ2n) is 7.05. The van der Waals surface area contributed by atoms with E-state index >= 15 is 0 Å². The summed E-state index contributed by atoms with van der Waals surface area (Å²) in [7, 11) is 0. The molecule has 0 bridgehead atoms. The summed E-state index contributed by atoms with van der Waals surface area (Å²) in [5.41, 5.74) is 1.48. The van der Waals surface area contributed by atoms with Crippen LogP contribution in [-0.4, -0.2) is 55.1 Å². The van der Waals surface area contributed by atoms with E-state index in [0.717, 1.165) is 6.54 Å². The van der Waals surface area contributed by atoms with Crippen molar-refractivity contribution in [1.82, 2.24) is 15.1 Å². The van der Waals surface area contributed by atoms with Gasteiger partial charge in [0.25, 0.3) is 0 Å². The lowest BCUT2D eigenvalue weighted by Gasteiger charge is -2.40. The molecule has 4 heteroatoms. The number of thiophene rings is 1. The van der Waals surface area contributed by atoms with Crippen molar-refractivity contribution in [3.63, 3.8) is 0 Å². The van der Waals surface area contributed by atoms with Gasteiger partial charge in [0.2, 0.25) is 0 Å². The van der Waals surface area contributed by atoms with Gasteiger partial charge >= 0.3 is 0 Å². The molecule has 3 rings (SSSR count). The van der Waals surface area contributed by atoms with Gasteiger partial charge in [-0.15, -0.1) is 11.3 Å². The molecule has 2 unspecified atom stereocenters. The van der Waals surface area contributed by atoms with Gasteiger partial charge in [-0.2, -0.15) is 0 Å². The molecule has 0 aromatic carbocycles. The zero-order chi connectivity index (χ0) is 15.4. The SMILES string of the molecule is Cc1ccsc1C(CN1CCCCCC1)N1CCNC(C)C1. The molecular formula is C18H31N3S. The maximum absolute atomic E-state index is 3.59. The Hall–Kier alpha value is -0.420. The minimum absolute atomic E-state index is 0.586. The third-order valence-electron chi connectivity index (χ3n) is 5.18. The molecule has 3 nitrogen and oxygen atoms in total. The van der Waals surface area contributed by atoms with Gasteiger partial charge in [-0.1, -0.05) is 12.8 Å². The van der Waals surface area contributed by atoms with E-state index in [9.17, 15) is 0 Å². The number of aryl methyl sites for hydroxylation is 1. The normalized spacial score (nSPS) is 26.7. The number of piperazine rings is 1. The van der Waals surface area contributed by atoms with E-state index in [1.807, 2.05) is 11.3 Å². The Labute approximate surface area is 139 Å². The molecule has 0 amide bonds. The fourth-order valence-corrected chi connectivity index (χ4v) is 4.95. The highest BCUT2D eigenvalue weighted by Gasteiger charge is 2.28. The van der Waals surface area contributed by atoms with Crippen molar-refractivity contribution in [2.75, 3.05) is 39.3 Å². The van der Waals surface area contributed by atoms with Crippen LogP contribution in [0, 0.1) is 6.92 Å². The molecule has 124 valence electrons. The Morgan fingerprint density at radius 3 is 2.64 bits per heavy atom. The quantitative estimate of drug-likeness (QED) is 0.918. The molecule has 1 aromatic rings. The smallest absolute Gasteiger partial charge is 0.0572 e. The minimum Gasteiger partial charge on any atom is -0.312 e. The van der Waals surface area contributed by atoms with Crippen molar-refractivity contribution in [3.8, 4) is 0 Å². The van der Waals surface area contributed by atoms with E-state index in [4.69, 9.17) is 0 Å². The molecule has 2 atom stereocenters. The van der Waals surface area contributed by atoms with E-state index in [2.05, 4.69) is 40.4 Å². The van der Waals surface area contributed by atoms with E-state index in [1.165, 1.54) is 64.0 Å². The van der Waals surface area contributed by atoms with Crippen LogP contribution >= 0.6 is 11.3 Å². The van der Waals surface area contributed by atoms with Gasteiger partial charge in [-0.05, 0) is 56.8 Å². The average molecular weight is 322 g/mol. The molecule has 2 saturated heterocycles. The summed E-state index contributed by atoms with van der Waals surface area (Å²) in [6.45, 7) is 11.9. The van der Waals surface area contributed by atoms with Gasteiger partial charge in [0.15, 0.2) is 0 Å². The summed E-state index contributed by atoms with van der Waals surface area (Å²) >= 11 is 1.96. The van der Waals surface area contributed by atoms with E-state index in [1.54, 1.807) is 4.88 Å². The molecule has 0 aliphatic carbocycles. The van der Waals surface area contributed by atoms with Crippen LogP contribution in [0.1, 0.15) is 49.1 Å². The largest absolute Gasteiger partial charge is 0.312 e. The summed E-state index contributed by atoms with van der Waals surface area (Å²) in [5, 5.41) is 5.86. The van der Waals surface area contributed by atoms with Crippen molar-refractivity contribution < 1.29 is 0 Å². The van der Waals surface area contributed by atoms with Crippen molar-refractivity contribution in [2.45, 2.75) is 51.6 Å². The molecule has 0 radical (unpaired) electrons. The molecule has 1 aromatic heterocycles. The fourth-order valence-electron chi connectivity index (χ4n) is 3.90. The lowest BCUT2D eigenvalue weighted by atomic mass is 10.1. The minimum atomic E-state index is 0.586. The topological polar surface area (TPSA) is 18.5 Å². The van der Waals surface area contributed by atoms with Crippen molar-refractivity contribution >= 4 is 11.3 Å². The number of hydrogen-bond donors (Lipinski definition) is 1. The fraction of sp³-hybridized carbons (Fsp3) is 0.778. The van der Waals surface area contributed by atoms with Crippen LogP contribution in [0.25, 0.3) is 0 Å². The van der Waals surface area contributed by atoms with Crippen LogP contribution in [0.3, 0.4) is 0 Å². The summed E-state index contributed by atoms with van der Waals surface area (Å²) in [6.07, 6.45) is 5.61. The number of nitrogens with one attached hydrogen (secondary N) is 1. The van der Waals surface area contributed by atoms with Crippen LogP contribution in [0.15, 0.2) is 11.4 Å². The Balaban J connectivity index is 1.75. The summed E-state index contributed by atoms with van der Waals surface area (Å²) in [4.78, 5) is 7.05. The molecular weight excluding hydrogens is 290 g/mol. The van der Waals surface area contributed by atoms with Crippen molar-refractivity contribution in [3.05, 3.63) is 21.9 Å². The predicted molar refractivity (Wildman–Crippen MR) is 95.7 cm³/mol. The number of likely N-dealkylation sites (tertiary alicyclic amines) is 1. The number of rotatable bonds is 4. The summed E-state index contributed by atoms with van der Waals surface area (Å²) in [5.74, 6) is 0. The number of hydrogen-bond acceptors (Lipinski definition) is 4. The van der Waals surface area contributed by atoms with Crippen LogP contribution in [0.2, 0.25) is 0 Å². The highest BCUT2D eigenvalue weighted by atomic mass is 32.1. The molecule has 0 saturated carbocycles. The molecule has 3 heterocycles. The zero-order valence-corrected chi connectivity index (χ0v) is 15.0. The Morgan fingerprint density at radius 1 is 1.23 bits per heavy atom. The maximum atomic E-state index is 3.59. The van der Waals surface area contributed by atoms with Crippen LogP contribution in [0.4, 0.5) is 0 Å². The molecule has 0 spiro atoms. The summed E-state index contributed by atoms with van der Waals surface area (Å²) in [6, 6.07) is 3.49. The van der Waals surface area contributed by atoms with Gasteiger partial charge in [0.1, 0.15) is 0 Å². The second kappa shape index (κ2) is 7.91. The molecule has 1 N–H and O–H groups in total. The Kier molecular flexibility index (Phi) is 5.91. The molecule has 2 aliphatic heterocycles. The Bertz CT molecular complexity index is 451. The molecule has 22 heavy (non-hydrogen) atoms. The third-order valence-corrected chi connectivity index (χ3v) is 6.30. The standard InChI is InChI=1S/C18H31N3S/c1-15-7-12-22-18(15)17(21-11-8-19-16(2)13-21)14-20-9-5-3-4-6-10-20/h7,12,16-17,19H,3-6,8-11,13-14H2,1-2H3. The predicted octanol–water partition coefficient (Wildman–Crippen LogP) is 3.27. The highest BCUT2D eigenvalue weighted by molar-refractivity contribution is 7.10. The second-order valence-corrected chi connectivity index (χ2v) is 8.00. The van der Waals surface area contributed by atoms with Crippen LogP contribution in [0.5, 0.6) is 0 Å². The molecule has 2 aliphatic rings. The van der Waals surface area contributed by atoms with Gasteiger partial charge in [0.05, 0.1) is 6.04 Å². The Morgan fingerprint density at radius 2 is 2.00 bits per heavy atom. The lowest BCUT2D eigenvalue weighted by molar-refractivity contribution is 0.112. The van der Waals surface area contributed by atoms with Gasteiger partial charge in [0, 0.05) is 37.1 Å². The zero-order valence-electron chi connectivity index (χ0n) is 14.2. The first-order chi connectivity index (χ1) is 10.7. The highest BCUT2D eigenvalue weighted by Crippen LogP contribution is 2.31. The van der Waals surface area contributed by atoms with E-state index in [-0.39, 0.29) is 0 Å². The third kappa shape index (κ3) is 4.10. The van der Waals surface area contributed by atoms with Crippen LogP contribution in [-0.2, 0) is 0 Å². The molecule has 2 fully saturated rings. The summed E-state index contributed by atoms with van der Waals surface area (Å²) < 4.78 is 0. The van der Waals surface area contributed by atoms with Gasteiger partial charge in [-0.3, -0.25) is 4.90 Å². The van der Waals surface area contributed by atoms with E-state index < -0.39 is 0 Å². The van der Waals surface area contributed by atoms with Gasteiger partial charge < -0.3 is 10.2 Å². The first-order valence-electron chi connectivity index (χ1n) is 8.98. The van der Waals surface area contributed by atoms with Crippen molar-refractivity contribution in [2.24, 2.45) is 0 Å². The van der Waals surface area contributed by atoms with E-state index in [0.29, 0.717) is 12.1 Å². The first-order valence-corrected chi connectivity index (χ1v) is 9.86. The van der Waals surface area contributed by atoms with Gasteiger partial charge in [-0.25, -0.2) is 0 Å². The maximum Gasteiger partial charge on any atom is 0.0572 e.